The van der Waals surface area contributed by atoms with Gasteiger partial charge in [-0.05, 0) is 37.1 Å². The number of hydrogen-bond donors (Lipinski definition) is 0. The zero-order valence-electron chi connectivity index (χ0n) is 17.6. The van der Waals surface area contributed by atoms with Crippen molar-refractivity contribution in [2.24, 2.45) is 5.92 Å². The highest BCUT2D eigenvalue weighted by molar-refractivity contribution is 5.83. The lowest BCUT2D eigenvalue weighted by Crippen LogP contribution is -2.50. The number of piperidine rings is 2. The molecule has 6 heterocycles. The molecule has 0 unspecified atom stereocenters. The highest BCUT2D eigenvalue weighted by atomic mass is 16.7. The first kappa shape index (κ1) is 19.0. The monoisotopic (exact) mass is 421 g/mol. The molecule has 0 aliphatic carbocycles. The molecule has 0 bridgehead atoms. The largest absolute Gasteiger partial charge is 0.355 e. The Morgan fingerprint density at radius 3 is 2.52 bits per heavy atom. The highest BCUT2D eigenvalue weighted by Gasteiger charge is 2.42. The summed E-state index contributed by atoms with van der Waals surface area (Å²) in [5.41, 5.74) is 2.84. The van der Waals surface area contributed by atoms with Crippen LogP contribution in [0.3, 0.4) is 0 Å². The molecule has 162 valence electrons. The first-order valence-electron chi connectivity index (χ1n) is 11.3. The van der Waals surface area contributed by atoms with Gasteiger partial charge in [-0.2, -0.15) is 0 Å². The molecule has 6 rings (SSSR count). The minimum Gasteiger partial charge on any atom is -0.355 e. The van der Waals surface area contributed by atoms with Gasteiger partial charge in [0.2, 0.25) is 5.91 Å². The van der Waals surface area contributed by atoms with Crippen LogP contribution >= 0.6 is 0 Å². The van der Waals surface area contributed by atoms with Crippen molar-refractivity contribution in [1.29, 1.82) is 0 Å². The van der Waals surface area contributed by atoms with E-state index in [-0.39, 0.29) is 11.8 Å². The van der Waals surface area contributed by atoms with Crippen LogP contribution < -0.4 is 4.90 Å². The summed E-state index contributed by atoms with van der Waals surface area (Å²) in [4.78, 5) is 26.8. The number of fused-ring (bicyclic) bond motifs is 3. The Bertz CT molecular complexity index is 1100. The number of likely N-dealkylation sites (tertiary alicyclic amines) is 1. The molecule has 3 aliphatic heterocycles. The van der Waals surface area contributed by atoms with Gasteiger partial charge in [-0.3, -0.25) is 4.79 Å². The molecule has 3 aromatic rings. The Labute approximate surface area is 180 Å². The molecule has 31 heavy (non-hydrogen) atoms. The van der Waals surface area contributed by atoms with E-state index in [1.54, 1.807) is 6.20 Å². The highest BCUT2D eigenvalue weighted by Crippen LogP contribution is 2.33. The van der Waals surface area contributed by atoms with Crippen molar-refractivity contribution in [2.45, 2.75) is 31.5 Å². The standard InChI is InChI=1S/C23H27N5O3/c29-22(27-13-7-23(8-14-27)30-15-16-31-23)17-5-11-26(12-6-17)21-19-4-2-10-28(19)18-3-1-9-24-20(18)25-21/h1-4,9-10,17H,5-8,11-16H2. The lowest BCUT2D eigenvalue weighted by atomic mass is 9.93. The minimum atomic E-state index is -0.432. The van der Waals surface area contributed by atoms with Crippen LogP contribution in [0.15, 0.2) is 36.7 Å². The molecule has 0 saturated carbocycles. The zero-order chi connectivity index (χ0) is 20.8. The van der Waals surface area contributed by atoms with E-state index in [0.29, 0.717) is 13.2 Å². The van der Waals surface area contributed by atoms with Crippen molar-refractivity contribution in [3.63, 3.8) is 0 Å². The maximum absolute atomic E-state index is 13.1. The number of nitrogens with zero attached hydrogens (tertiary/aromatic N) is 5. The third-order valence-electron chi connectivity index (χ3n) is 7.01. The predicted octanol–water partition coefficient (Wildman–Crippen LogP) is 2.46. The lowest BCUT2D eigenvalue weighted by molar-refractivity contribution is -0.188. The van der Waals surface area contributed by atoms with Crippen LogP contribution in [0.2, 0.25) is 0 Å². The van der Waals surface area contributed by atoms with Gasteiger partial charge in [0.15, 0.2) is 17.3 Å². The van der Waals surface area contributed by atoms with E-state index in [2.05, 4.69) is 26.5 Å². The van der Waals surface area contributed by atoms with E-state index in [0.717, 1.165) is 74.4 Å². The van der Waals surface area contributed by atoms with E-state index < -0.39 is 5.79 Å². The van der Waals surface area contributed by atoms with E-state index >= 15 is 0 Å². The van der Waals surface area contributed by atoms with Gasteiger partial charge in [0, 0.05) is 57.3 Å². The molecule has 8 nitrogen and oxygen atoms in total. The zero-order valence-corrected chi connectivity index (χ0v) is 17.6. The molecule has 0 N–H and O–H groups in total. The average molecular weight is 422 g/mol. The van der Waals surface area contributed by atoms with E-state index in [1.807, 2.05) is 23.1 Å². The molecule has 0 radical (unpaired) electrons. The Morgan fingerprint density at radius 2 is 1.74 bits per heavy atom. The smallest absolute Gasteiger partial charge is 0.225 e. The lowest BCUT2D eigenvalue weighted by Gasteiger charge is -2.40. The maximum Gasteiger partial charge on any atom is 0.225 e. The number of anilines is 1. The van der Waals surface area contributed by atoms with Crippen LogP contribution in [0.5, 0.6) is 0 Å². The number of carbonyl (C=O) groups is 1. The van der Waals surface area contributed by atoms with E-state index in [9.17, 15) is 4.79 Å². The molecule has 3 aromatic heterocycles. The van der Waals surface area contributed by atoms with Crippen LogP contribution in [0.4, 0.5) is 5.82 Å². The van der Waals surface area contributed by atoms with Crippen molar-refractivity contribution in [3.05, 3.63) is 36.7 Å². The van der Waals surface area contributed by atoms with E-state index in [4.69, 9.17) is 14.5 Å². The summed E-state index contributed by atoms with van der Waals surface area (Å²) < 4.78 is 13.7. The molecule has 1 amide bonds. The third kappa shape index (κ3) is 3.25. The van der Waals surface area contributed by atoms with E-state index in [1.165, 1.54) is 0 Å². The van der Waals surface area contributed by atoms with Gasteiger partial charge in [-0.1, -0.05) is 0 Å². The topological polar surface area (TPSA) is 72.2 Å². The fraction of sp³-hybridized carbons (Fsp3) is 0.522. The Balaban J connectivity index is 1.15. The Morgan fingerprint density at radius 1 is 1.00 bits per heavy atom. The predicted molar refractivity (Wildman–Crippen MR) is 116 cm³/mol. The number of rotatable bonds is 2. The Hall–Kier alpha value is -2.71. The average Bonchev–Trinajstić information content (AvgIpc) is 3.49. The van der Waals surface area contributed by atoms with Gasteiger partial charge in [0.25, 0.3) is 0 Å². The number of ether oxygens (including phenoxy) is 2. The summed E-state index contributed by atoms with van der Waals surface area (Å²) in [5, 5.41) is 0. The molecule has 3 aliphatic rings. The van der Waals surface area contributed by atoms with Crippen LogP contribution in [0.25, 0.3) is 16.7 Å². The Kier molecular flexibility index (Phi) is 4.57. The fourth-order valence-electron chi connectivity index (χ4n) is 5.28. The van der Waals surface area contributed by atoms with Crippen LogP contribution in [-0.4, -0.2) is 70.4 Å². The molecule has 8 heteroatoms. The summed E-state index contributed by atoms with van der Waals surface area (Å²) >= 11 is 0. The fourth-order valence-corrected chi connectivity index (χ4v) is 5.28. The second kappa shape index (κ2) is 7.46. The van der Waals surface area contributed by atoms with Gasteiger partial charge in [-0.15, -0.1) is 0 Å². The van der Waals surface area contributed by atoms with Crippen molar-refractivity contribution in [3.8, 4) is 0 Å². The maximum atomic E-state index is 13.1. The van der Waals surface area contributed by atoms with Crippen LogP contribution in [0, 0.1) is 5.92 Å². The van der Waals surface area contributed by atoms with Gasteiger partial charge >= 0.3 is 0 Å². The van der Waals surface area contributed by atoms with Crippen molar-refractivity contribution < 1.29 is 14.3 Å². The number of amides is 1. The van der Waals surface area contributed by atoms with Crippen molar-refractivity contribution >= 4 is 28.4 Å². The van der Waals surface area contributed by atoms with Crippen molar-refractivity contribution in [1.82, 2.24) is 19.3 Å². The number of carbonyl (C=O) groups excluding carboxylic acids is 1. The molecule has 0 aromatic carbocycles. The molecule has 0 atom stereocenters. The summed E-state index contributed by atoms with van der Waals surface area (Å²) in [7, 11) is 0. The summed E-state index contributed by atoms with van der Waals surface area (Å²) in [5.74, 6) is 0.890. The number of aromatic nitrogens is 3. The molecule has 3 saturated heterocycles. The van der Waals surface area contributed by atoms with Gasteiger partial charge in [0.1, 0.15) is 0 Å². The first-order valence-corrected chi connectivity index (χ1v) is 11.3. The van der Waals surface area contributed by atoms with Crippen LogP contribution in [-0.2, 0) is 14.3 Å². The second-order valence-electron chi connectivity index (χ2n) is 8.74. The summed E-state index contributed by atoms with van der Waals surface area (Å²) in [6, 6.07) is 8.13. The molecular formula is C23H27N5O3. The minimum absolute atomic E-state index is 0.0807. The summed E-state index contributed by atoms with van der Waals surface area (Å²) in [6.07, 6.45) is 7.09. The van der Waals surface area contributed by atoms with Crippen LogP contribution in [0.1, 0.15) is 25.7 Å². The summed E-state index contributed by atoms with van der Waals surface area (Å²) in [6.45, 7) is 4.43. The number of pyridine rings is 1. The first-order chi connectivity index (χ1) is 15.2. The van der Waals surface area contributed by atoms with Gasteiger partial charge in [-0.25, -0.2) is 9.97 Å². The molecule has 1 spiro atoms. The quantitative estimate of drug-likeness (QED) is 0.633. The molecular weight excluding hydrogens is 394 g/mol. The molecule has 3 fully saturated rings. The van der Waals surface area contributed by atoms with Gasteiger partial charge < -0.3 is 23.7 Å². The SMILES string of the molecule is O=C(C1CCN(c2nc3ncccc3n3cccc23)CC1)N1CCC2(CC1)OCCO2. The normalized spacial score (nSPS) is 22.1. The van der Waals surface area contributed by atoms with Crippen molar-refractivity contribution in [2.75, 3.05) is 44.3 Å². The third-order valence-corrected chi connectivity index (χ3v) is 7.01. The number of hydrogen-bond acceptors (Lipinski definition) is 6. The van der Waals surface area contributed by atoms with Gasteiger partial charge in [0.05, 0.1) is 24.2 Å². The second-order valence-corrected chi connectivity index (χ2v) is 8.74.